The van der Waals surface area contributed by atoms with Crippen molar-refractivity contribution in [3.05, 3.63) is 59.2 Å². The van der Waals surface area contributed by atoms with Crippen LogP contribution in [-0.2, 0) is 37.5 Å². The molecule has 1 radical (unpaired) electrons. The number of hydrogen-bond donors (Lipinski definition) is 1. The Balaban J connectivity index is 0.000000510. The summed E-state index contributed by atoms with van der Waals surface area (Å²) in [6.07, 6.45) is 3.35. The summed E-state index contributed by atoms with van der Waals surface area (Å²) in [5.41, 5.74) is 4.36. The molecular formula is C26H39N2O2Y+. The van der Waals surface area contributed by atoms with Gasteiger partial charge < -0.3 is 14.5 Å². The summed E-state index contributed by atoms with van der Waals surface area (Å²) in [4.78, 5) is 13.0. The van der Waals surface area contributed by atoms with Crippen molar-refractivity contribution in [3.8, 4) is 5.75 Å². The topological polar surface area (TPSA) is 38.3 Å². The first-order valence-corrected chi connectivity index (χ1v) is 11.2. The van der Waals surface area contributed by atoms with E-state index in [-0.39, 0.29) is 44.7 Å². The van der Waals surface area contributed by atoms with E-state index in [0.717, 1.165) is 53.1 Å². The van der Waals surface area contributed by atoms with Gasteiger partial charge in [-0.1, -0.05) is 42.8 Å². The van der Waals surface area contributed by atoms with Crippen molar-refractivity contribution in [1.82, 2.24) is 0 Å². The molecular weight excluding hydrogens is 461 g/mol. The van der Waals surface area contributed by atoms with Crippen LogP contribution in [0.1, 0.15) is 49.8 Å². The minimum Gasteiger partial charge on any atom is -0.497 e. The summed E-state index contributed by atoms with van der Waals surface area (Å²) < 4.78 is 6.24. The molecule has 0 bridgehead atoms. The number of hydrogen-bond acceptors (Lipinski definition) is 2. The number of rotatable bonds is 6. The second kappa shape index (κ2) is 13.4. The van der Waals surface area contributed by atoms with Crippen LogP contribution in [0.15, 0.2) is 42.5 Å². The van der Waals surface area contributed by atoms with Gasteiger partial charge in [0.05, 0.1) is 26.7 Å². The molecule has 1 saturated heterocycles. The van der Waals surface area contributed by atoms with Crippen molar-refractivity contribution in [2.24, 2.45) is 0 Å². The monoisotopic (exact) mass is 500 g/mol. The fourth-order valence-electron chi connectivity index (χ4n) is 4.61. The van der Waals surface area contributed by atoms with Crippen LogP contribution in [0.4, 0.5) is 5.69 Å². The van der Waals surface area contributed by atoms with E-state index in [1.165, 1.54) is 18.4 Å². The molecule has 0 aliphatic carbocycles. The number of ether oxygens (including phenoxy) is 1. The van der Waals surface area contributed by atoms with Gasteiger partial charge in [0.2, 0.25) is 0 Å². The molecule has 1 aliphatic heterocycles. The van der Waals surface area contributed by atoms with E-state index in [4.69, 9.17) is 4.74 Å². The number of carbonyl (C=O) groups is 1. The van der Waals surface area contributed by atoms with Gasteiger partial charge in [-0.05, 0) is 51.0 Å². The first-order chi connectivity index (χ1) is 14.4. The molecule has 1 heterocycles. The number of carbonyl (C=O) groups excluding carboxylic acids is 1. The molecule has 1 N–H and O–H groups in total. The molecule has 31 heavy (non-hydrogen) atoms. The maximum absolute atomic E-state index is 13.0. The van der Waals surface area contributed by atoms with Crippen molar-refractivity contribution in [3.63, 3.8) is 0 Å². The third-order valence-corrected chi connectivity index (χ3v) is 6.37. The number of likely N-dealkylation sites (tertiary alicyclic amines) is 1. The minimum absolute atomic E-state index is 0. The first kappa shape index (κ1) is 27.8. The maximum Gasteiger partial charge on any atom is 0.282 e. The number of likely N-dealkylation sites (N-methyl/N-ethyl adjacent to an activating group) is 1. The van der Waals surface area contributed by atoms with Crippen LogP contribution >= 0.6 is 0 Å². The number of nitrogens with one attached hydrogen (secondary N) is 1. The second-order valence-corrected chi connectivity index (χ2v) is 8.39. The van der Waals surface area contributed by atoms with Crippen LogP contribution in [-0.4, -0.2) is 43.2 Å². The van der Waals surface area contributed by atoms with Gasteiger partial charge in [0, 0.05) is 57.7 Å². The molecule has 1 fully saturated rings. The van der Waals surface area contributed by atoms with E-state index in [9.17, 15) is 4.79 Å². The molecule has 2 aromatic rings. The SMILES string of the molecule is CCC(C(=O)Nc1c(C)cc(OC)cc1C)[N+]1(CC)CCCC1.Cc1ccccc1.[Y]. The van der Waals surface area contributed by atoms with Gasteiger partial charge in [-0.3, -0.25) is 4.79 Å². The maximum atomic E-state index is 13.0. The molecule has 1 aliphatic rings. The Kier molecular flexibility index (Phi) is 12.0. The standard InChI is InChI=1S/C19H30N2O2.C7H8.Y/c1-6-17(21(7-2)10-8-9-11-21)19(22)20-18-14(3)12-16(23-5)13-15(18)4;1-7-5-3-2-4-6-7;/h12-13,17H,6-11H2,1-5H3;2-6H,1H3;/p+1. The fourth-order valence-corrected chi connectivity index (χ4v) is 4.61. The van der Waals surface area contributed by atoms with Gasteiger partial charge in [0.15, 0.2) is 6.04 Å². The van der Waals surface area contributed by atoms with E-state index < -0.39 is 0 Å². The van der Waals surface area contributed by atoms with Gasteiger partial charge in [0.25, 0.3) is 5.91 Å². The molecule has 1 atom stereocenters. The third kappa shape index (κ3) is 7.41. The molecule has 4 nitrogen and oxygen atoms in total. The number of anilines is 1. The summed E-state index contributed by atoms with van der Waals surface area (Å²) in [7, 11) is 1.67. The van der Waals surface area contributed by atoms with Crippen LogP contribution < -0.4 is 10.1 Å². The summed E-state index contributed by atoms with van der Waals surface area (Å²) >= 11 is 0. The minimum atomic E-state index is 0. The van der Waals surface area contributed by atoms with Crippen LogP contribution in [0.2, 0.25) is 0 Å². The Labute approximate surface area is 214 Å². The average molecular weight is 501 g/mol. The van der Waals surface area contributed by atoms with Crippen LogP contribution in [0, 0.1) is 20.8 Å². The summed E-state index contributed by atoms with van der Waals surface area (Å²) in [6, 6.07) is 14.3. The zero-order valence-electron chi connectivity index (χ0n) is 20.2. The molecule has 1 unspecified atom stereocenters. The summed E-state index contributed by atoms with van der Waals surface area (Å²) in [6.45, 7) is 13.8. The molecule has 2 aromatic carbocycles. The van der Waals surface area contributed by atoms with E-state index in [0.29, 0.717) is 0 Å². The third-order valence-electron chi connectivity index (χ3n) is 6.37. The molecule has 0 aromatic heterocycles. The fraction of sp³-hybridized carbons (Fsp3) is 0.500. The smallest absolute Gasteiger partial charge is 0.282 e. The van der Waals surface area contributed by atoms with Gasteiger partial charge in [0.1, 0.15) is 5.75 Å². The van der Waals surface area contributed by atoms with Crippen LogP contribution in [0.3, 0.4) is 0 Å². The van der Waals surface area contributed by atoms with E-state index in [2.05, 4.69) is 38.2 Å². The van der Waals surface area contributed by atoms with Crippen molar-refractivity contribution >= 4 is 11.6 Å². The molecule has 1 amide bonds. The normalized spacial score (nSPS) is 15.2. The van der Waals surface area contributed by atoms with Crippen LogP contribution in [0.5, 0.6) is 5.75 Å². The van der Waals surface area contributed by atoms with Gasteiger partial charge in [-0.25, -0.2) is 0 Å². The van der Waals surface area contributed by atoms with E-state index >= 15 is 0 Å². The Morgan fingerprint density at radius 1 is 1.03 bits per heavy atom. The van der Waals surface area contributed by atoms with Gasteiger partial charge in [-0.2, -0.15) is 0 Å². The number of methoxy groups -OCH3 is 1. The molecule has 0 saturated carbocycles. The molecule has 3 rings (SSSR count). The Bertz CT molecular complexity index is 794. The number of aryl methyl sites for hydroxylation is 3. The van der Waals surface area contributed by atoms with E-state index in [1.807, 2.05) is 44.2 Å². The van der Waals surface area contributed by atoms with Crippen molar-refractivity contribution in [1.29, 1.82) is 0 Å². The zero-order valence-corrected chi connectivity index (χ0v) is 23.0. The van der Waals surface area contributed by atoms with Gasteiger partial charge >= 0.3 is 0 Å². The predicted octanol–water partition coefficient (Wildman–Crippen LogP) is 5.65. The Hall–Kier alpha value is -1.23. The molecule has 5 heteroatoms. The Morgan fingerprint density at radius 2 is 1.58 bits per heavy atom. The first-order valence-electron chi connectivity index (χ1n) is 11.2. The molecule has 0 spiro atoms. The summed E-state index contributed by atoms with van der Waals surface area (Å²) in [5, 5.41) is 3.21. The number of nitrogens with zero attached hydrogens (tertiary/aromatic N) is 1. The number of quaternary nitrogens is 1. The van der Waals surface area contributed by atoms with Crippen molar-refractivity contribution < 1.29 is 46.7 Å². The summed E-state index contributed by atoms with van der Waals surface area (Å²) in [5.74, 6) is 0.995. The van der Waals surface area contributed by atoms with Crippen molar-refractivity contribution in [2.75, 3.05) is 32.1 Å². The quantitative estimate of drug-likeness (QED) is 0.521. The predicted molar refractivity (Wildman–Crippen MR) is 126 cm³/mol. The number of amides is 1. The average Bonchev–Trinajstić information content (AvgIpc) is 3.22. The zero-order chi connectivity index (χ0) is 22.1. The largest absolute Gasteiger partial charge is 0.497 e. The van der Waals surface area contributed by atoms with Crippen LogP contribution in [0.25, 0.3) is 0 Å². The molecule has 167 valence electrons. The van der Waals surface area contributed by atoms with E-state index in [1.54, 1.807) is 7.11 Å². The number of benzene rings is 2. The van der Waals surface area contributed by atoms with Crippen molar-refractivity contribution in [2.45, 2.75) is 59.9 Å². The Morgan fingerprint density at radius 3 is 1.97 bits per heavy atom. The van der Waals surface area contributed by atoms with Gasteiger partial charge in [-0.15, -0.1) is 0 Å². The second-order valence-electron chi connectivity index (χ2n) is 8.39.